The number of carbonyl (C=O) groups is 1. The first-order valence-corrected chi connectivity index (χ1v) is 11.6. The van der Waals surface area contributed by atoms with Crippen molar-refractivity contribution in [1.29, 1.82) is 0 Å². The van der Waals surface area contributed by atoms with E-state index < -0.39 is 5.97 Å². The van der Waals surface area contributed by atoms with E-state index in [4.69, 9.17) is 9.84 Å². The summed E-state index contributed by atoms with van der Waals surface area (Å²) in [7, 11) is 0. The maximum Gasteiger partial charge on any atom is 0.335 e. The summed E-state index contributed by atoms with van der Waals surface area (Å²) in [5.74, 6) is -0.177. The molecule has 2 aromatic carbocycles. The second-order valence-electron chi connectivity index (χ2n) is 9.31. The van der Waals surface area contributed by atoms with Gasteiger partial charge in [-0.25, -0.2) is 4.79 Å². The van der Waals surface area contributed by atoms with Crippen molar-refractivity contribution in [2.75, 3.05) is 6.61 Å². The average Bonchev–Trinajstić information content (AvgIpc) is 2.64. The van der Waals surface area contributed by atoms with Crippen LogP contribution in [0.2, 0.25) is 0 Å². The molecule has 1 aliphatic heterocycles. The number of aryl methyl sites for hydroxylation is 1. The molecule has 164 valence electrons. The van der Waals surface area contributed by atoms with Crippen molar-refractivity contribution in [1.82, 2.24) is 0 Å². The molecule has 2 aromatic rings. The zero-order valence-electron chi connectivity index (χ0n) is 19.2. The number of ether oxygens (including phenoxy) is 1. The molecule has 0 spiro atoms. The van der Waals surface area contributed by atoms with Crippen LogP contribution in [0.15, 0.2) is 47.4 Å². The molecule has 1 aliphatic rings. The fraction of sp³-hybridized carbons (Fsp3) is 0.500. The summed E-state index contributed by atoms with van der Waals surface area (Å²) >= 11 is 2.03. The predicted molar refractivity (Wildman–Crippen MR) is 127 cm³/mol. The van der Waals surface area contributed by atoms with E-state index in [-0.39, 0.29) is 5.56 Å². The van der Waals surface area contributed by atoms with Gasteiger partial charge in [-0.2, -0.15) is 0 Å². The Morgan fingerprint density at radius 1 is 1.07 bits per heavy atom. The standard InChI is InChI=1S/C14H20S.C12H16O3/c1-10-6-7-11-12(8-10)15-14(4,5)9-13(11,2)3;1-2-3-4-9-15-11-7-5-10(6-8-11)12(13)14/h6-8H,9H2,1-5H3;5-8H,2-4,9H2,1H3,(H,13,14). The maximum atomic E-state index is 10.6. The van der Waals surface area contributed by atoms with E-state index in [1.54, 1.807) is 24.3 Å². The third kappa shape index (κ3) is 7.09. The lowest BCUT2D eigenvalue weighted by atomic mass is 9.77. The van der Waals surface area contributed by atoms with E-state index in [0.29, 0.717) is 16.8 Å². The van der Waals surface area contributed by atoms with Gasteiger partial charge in [0.15, 0.2) is 0 Å². The molecule has 0 radical (unpaired) electrons. The molecule has 0 bridgehead atoms. The Hall–Kier alpha value is -1.94. The zero-order valence-corrected chi connectivity index (χ0v) is 20.1. The van der Waals surface area contributed by atoms with Crippen molar-refractivity contribution >= 4 is 17.7 Å². The van der Waals surface area contributed by atoms with Gasteiger partial charge in [0.25, 0.3) is 0 Å². The molecule has 3 rings (SSSR count). The van der Waals surface area contributed by atoms with Crippen LogP contribution < -0.4 is 4.74 Å². The summed E-state index contributed by atoms with van der Waals surface area (Å²) in [6.07, 6.45) is 4.62. The summed E-state index contributed by atoms with van der Waals surface area (Å²) < 4.78 is 5.82. The van der Waals surface area contributed by atoms with Crippen LogP contribution in [0.1, 0.15) is 81.8 Å². The zero-order chi connectivity index (χ0) is 22.4. The van der Waals surface area contributed by atoms with Crippen molar-refractivity contribution in [2.45, 2.75) is 82.3 Å². The molecule has 0 aliphatic carbocycles. The van der Waals surface area contributed by atoms with Gasteiger partial charge in [-0.05, 0) is 66.6 Å². The van der Waals surface area contributed by atoms with E-state index in [1.807, 2.05) is 11.8 Å². The highest BCUT2D eigenvalue weighted by Gasteiger charge is 2.37. The lowest BCUT2D eigenvalue weighted by molar-refractivity contribution is 0.0697. The number of fused-ring (bicyclic) bond motifs is 1. The SMILES string of the molecule is CCCCCOc1ccc(C(=O)O)cc1.Cc1ccc2c(c1)SC(C)(C)CC2(C)C. The summed E-state index contributed by atoms with van der Waals surface area (Å²) in [4.78, 5) is 12.1. The van der Waals surface area contributed by atoms with Crippen molar-refractivity contribution in [3.63, 3.8) is 0 Å². The van der Waals surface area contributed by atoms with E-state index in [0.717, 1.165) is 18.6 Å². The molecule has 1 heterocycles. The van der Waals surface area contributed by atoms with E-state index >= 15 is 0 Å². The molecule has 4 heteroatoms. The van der Waals surface area contributed by atoms with Crippen LogP contribution in [-0.2, 0) is 5.41 Å². The van der Waals surface area contributed by atoms with Crippen molar-refractivity contribution in [2.24, 2.45) is 0 Å². The molecular formula is C26H36O3S. The highest BCUT2D eigenvalue weighted by molar-refractivity contribution is 8.00. The number of aromatic carboxylic acids is 1. The lowest BCUT2D eigenvalue weighted by Gasteiger charge is -2.41. The van der Waals surface area contributed by atoms with Gasteiger partial charge in [-0.15, -0.1) is 11.8 Å². The topological polar surface area (TPSA) is 46.5 Å². The number of unbranched alkanes of at least 4 members (excludes halogenated alkanes) is 2. The number of carboxylic acid groups (broad SMARTS) is 1. The molecule has 0 aromatic heterocycles. The number of rotatable bonds is 6. The fourth-order valence-corrected chi connectivity index (χ4v) is 5.73. The summed E-state index contributed by atoms with van der Waals surface area (Å²) in [5.41, 5.74) is 3.50. The third-order valence-corrected chi connectivity index (χ3v) is 6.49. The van der Waals surface area contributed by atoms with Gasteiger partial charge < -0.3 is 9.84 Å². The van der Waals surface area contributed by atoms with Gasteiger partial charge in [0, 0.05) is 9.64 Å². The van der Waals surface area contributed by atoms with Gasteiger partial charge >= 0.3 is 5.97 Å². The third-order valence-electron chi connectivity index (χ3n) is 5.24. The minimum absolute atomic E-state index is 0.288. The molecule has 3 nitrogen and oxygen atoms in total. The van der Waals surface area contributed by atoms with Crippen LogP contribution in [0.25, 0.3) is 0 Å². The molecule has 1 N–H and O–H groups in total. The Morgan fingerprint density at radius 2 is 1.73 bits per heavy atom. The number of thioether (sulfide) groups is 1. The summed E-state index contributed by atoms with van der Waals surface area (Å²) in [6, 6.07) is 13.4. The Morgan fingerprint density at radius 3 is 2.33 bits per heavy atom. The number of hydrogen-bond acceptors (Lipinski definition) is 3. The van der Waals surface area contributed by atoms with Crippen molar-refractivity contribution in [3.05, 3.63) is 59.2 Å². The second kappa shape index (κ2) is 10.4. The maximum absolute atomic E-state index is 10.6. The van der Waals surface area contributed by atoms with E-state index in [1.165, 1.54) is 28.9 Å². The molecule has 0 amide bonds. The Kier molecular flexibility index (Phi) is 8.42. The molecule has 0 fully saturated rings. The minimum Gasteiger partial charge on any atom is -0.494 e. The quantitative estimate of drug-likeness (QED) is 0.484. The summed E-state index contributed by atoms with van der Waals surface area (Å²) in [5, 5.41) is 8.68. The molecular weight excluding hydrogens is 392 g/mol. The molecule has 0 saturated heterocycles. The minimum atomic E-state index is -0.910. The largest absolute Gasteiger partial charge is 0.494 e. The van der Waals surface area contributed by atoms with Gasteiger partial charge in [0.1, 0.15) is 5.75 Å². The van der Waals surface area contributed by atoms with Gasteiger partial charge in [-0.1, -0.05) is 59.6 Å². The molecule has 0 unspecified atom stereocenters. The highest BCUT2D eigenvalue weighted by Crippen LogP contribution is 2.50. The normalized spacial score (nSPS) is 16.1. The molecule has 30 heavy (non-hydrogen) atoms. The Balaban J connectivity index is 0.000000214. The molecule has 0 atom stereocenters. The van der Waals surface area contributed by atoms with Crippen LogP contribution in [0, 0.1) is 6.92 Å². The van der Waals surface area contributed by atoms with Gasteiger partial charge in [0.05, 0.1) is 12.2 Å². The fourth-order valence-electron chi connectivity index (χ4n) is 4.00. The Labute approximate surface area is 186 Å². The average molecular weight is 429 g/mol. The van der Waals surface area contributed by atoms with Crippen molar-refractivity contribution < 1.29 is 14.6 Å². The van der Waals surface area contributed by atoms with Crippen LogP contribution in [0.5, 0.6) is 5.75 Å². The lowest BCUT2D eigenvalue weighted by Crippen LogP contribution is -2.33. The van der Waals surface area contributed by atoms with Crippen molar-refractivity contribution in [3.8, 4) is 5.75 Å². The van der Waals surface area contributed by atoms with Gasteiger partial charge in [0.2, 0.25) is 0 Å². The number of hydrogen-bond donors (Lipinski definition) is 1. The smallest absolute Gasteiger partial charge is 0.335 e. The predicted octanol–water partition coefficient (Wildman–Crippen LogP) is 7.50. The number of benzene rings is 2. The first-order valence-electron chi connectivity index (χ1n) is 10.8. The Bertz CT molecular complexity index is 838. The molecule has 0 saturated carbocycles. The van der Waals surface area contributed by atoms with Crippen LogP contribution >= 0.6 is 11.8 Å². The second-order valence-corrected chi connectivity index (χ2v) is 11.1. The summed E-state index contributed by atoms with van der Waals surface area (Å²) in [6.45, 7) is 14.4. The first kappa shape index (κ1) is 24.3. The van der Waals surface area contributed by atoms with E-state index in [9.17, 15) is 4.79 Å². The number of carboxylic acids is 1. The first-order chi connectivity index (χ1) is 14.0. The van der Waals surface area contributed by atoms with Crippen LogP contribution in [0.3, 0.4) is 0 Å². The van der Waals surface area contributed by atoms with Crippen LogP contribution in [-0.4, -0.2) is 22.4 Å². The van der Waals surface area contributed by atoms with Gasteiger partial charge in [-0.3, -0.25) is 0 Å². The highest BCUT2D eigenvalue weighted by atomic mass is 32.2. The monoisotopic (exact) mass is 428 g/mol. The van der Waals surface area contributed by atoms with E-state index in [2.05, 4.69) is 59.7 Å². The van der Waals surface area contributed by atoms with Crippen LogP contribution in [0.4, 0.5) is 0 Å².